The minimum atomic E-state index is -0.645. The van der Waals surface area contributed by atoms with E-state index in [0.29, 0.717) is 12.1 Å². The highest BCUT2D eigenvalue weighted by Crippen LogP contribution is 2.08. The lowest BCUT2D eigenvalue weighted by Gasteiger charge is -2.20. The molecule has 1 N–H and O–H groups in total. The summed E-state index contributed by atoms with van der Waals surface area (Å²) in [4.78, 5) is 14.0. The number of halogens is 2. The summed E-state index contributed by atoms with van der Waals surface area (Å²) in [5.41, 5.74) is 1.54. The predicted molar refractivity (Wildman–Crippen MR) is 85.6 cm³/mol. The summed E-state index contributed by atoms with van der Waals surface area (Å²) >= 11 is 0. The van der Waals surface area contributed by atoms with Crippen molar-refractivity contribution in [2.45, 2.75) is 20.0 Å². The van der Waals surface area contributed by atoms with Gasteiger partial charge in [0.15, 0.2) is 0 Å². The van der Waals surface area contributed by atoms with Crippen LogP contribution in [0.5, 0.6) is 0 Å². The first kappa shape index (κ1) is 17.1. The van der Waals surface area contributed by atoms with Crippen molar-refractivity contribution in [1.29, 1.82) is 0 Å². The molecule has 0 aliphatic carbocycles. The molecule has 0 spiro atoms. The van der Waals surface area contributed by atoms with E-state index in [0.717, 1.165) is 18.2 Å². The molecule has 0 aromatic heterocycles. The van der Waals surface area contributed by atoms with Gasteiger partial charge in [0.1, 0.15) is 11.6 Å². The second-order valence-electron chi connectivity index (χ2n) is 5.34. The van der Waals surface area contributed by atoms with Crippen molar-refractivity contribution in [3.05, 3.63) is 71.3 Å². The number of nitrogens with zero attached hydrogens (tertiary/aromatic N) is 1. The molecule has 0 aliphatic heterocycles. The third-order valence-corrected chi connectivity index (χ3v) is 3.48. The molecule has 3 nitrogen and oxygen atoms in total. The highest BCUT2D eigenvalue weighted by Gasteiger charge is 2.10. The highest BCUT2D eigenvalue weighted by atomic mass is 19.1. The Bertz CT molecular complexity index is 626. The van der Waals surface area contributed by atoms with Crippen molar-refractivity contribution >= 4 is 5.91 Å². The Balaban J connectivity index is 1.85. The monoisotopic (exact) mass is 318 g/mol. The van der Waals surface area contributed by atoms with E-state index in [1.165, 1.54) is 12.1 Å². The molecule has 122 valence electrons. The molecule has 0 saturated carbocycles. The first-order valence-electron chi connectivity index (χ1n) is 7.54. The van der Waals surface area contributed by atoms with Crippen LogP contribution in [0.25, 0.3) is 0 Å². The molecule has 2 aromatic carbocycles. The van der Waals surface area contributed by atoms with Gasteiger partial charge in [0.25, 0.3) is 0 Å². The Kier molecular flexibility index (Phi) is 6.23. The van der Waals surface area contributed by atoms with Crippen LogP contribution in [0.1, 0.15) is 18.1 Å². The van der Waals surface area contributed by atoms with Crippen molar-refractivity contribution in [2.24, 2.45) is 0 Å². The van der Waals surface area contributed by atoms with Crippen LogP contribution in [0.2, 0.25) is 0 Å². The van der Waals surface area contributed by atoms with Gasteiger partial charge in [0.2, 0.25) is 5.91 Å². The summed E-state index contributed by atoms with van der Waals surface area (Å²) in [7, 11) is 0. The molecule has 0 radical (unpaired) electrons. The largest absolute Gasteiger partial charge is 0.351 e. The zero-order valence-electron chi connectivity index (χ0n) is 13.1. The Hall–Kier alpha value is -2.27. The van der Waals surface area contributed by atoms with Crippen molar-refractivity contribution in [2.75, 3.05) is 13.1 Å². The maximum absolute atomic E-state index is 13.1. The number of nitrogens with one attached hydrogen (secondary N) is 1. The minimum absolute atomic E-state index is 0.108. The van der Waals surface area contributed by atoms with E-state index in [4.69, 9.17) is 0 Å². The van der Waals surface area contributed by atoms with Gasteiger partial charge in [-0.05, 0) is 29.8 Å². The number of carbonyl (C=O) groups is 1. The molecule has 2 aromatic rings. The molecular weight excluding hydrogens is 298 g/mol. The van der Waals surface area contributed by atoms with Gasteiger partial charge < -0.3 is 5.32 Å². The molecule has 1 amide bonds. The van der Waals surface area contributed by atoms with Crippen LogP contribution in [0.15, 0.2) is 48.5 Å². The Morgan fingerprint density at radius 1 is 1.04 bits per heavy atom. The summed E-state index contributed by atoms with van der Waals surface area (Å²) in [6, 6.07) is 13.1. The van der Waals surface area contributed by atoms with E-state index in [1.54, 1.807) is 0 Å². The molecule has 2 rings (SSSR count). The zero-order valence-corrected chi connectivity index (χ0v) is 13.1. The predicted octanol–water partition coefficient (Wildman–Crippen LogP) is 3.10. The van der Waals surface area contributed by atoms with Crippen LogP contribution in [0.3, 0.4) is 0 Å². The number of hydrogen-bond donors (Lipinski definition) is 1. The fourth-order valence-corrected chi connectivity index (χ4v) is 2.29. The normalized spacial score (nSPS) is 10.8. The van der Waals surface area contributed by atoms with Crippen LogP contribution >= 0.6 is 0 Å². The van der Waals surface area contributed by atoms with Crippen molar-refractivity contribution < 1.29 is 13.6 Å². The molecule has 0 bridgehead atoms. The number of benzene rings is 2. The number of likely N-dealkylation sites (N-methyl/N-ethyl adjacent to an activating group) is 1. The van der Waals surface area contributed by atoms with Gasteiger partial charge in [-0.15, -0.1) is 0 Å². The van der Waals surface area contributed by atoms with E-state index < -0.39 is 11.6 Å². The lowest BCUT2D eigenvalue weighted by atomic mass is 10.2. The molecule has 0 unspecified atom stereocenters. The van der Waals surface area contributed by atoms with Crippen LogP contribution in [0.4, 0.5) is 8.78 Å². The quantitative estimate of drug-likeness (QED) is 0.851. The summed E-state index contributed by atoms with van der Waals surface area (Å²) in [5.74, 6) is -1.46. The van der Waals surface area contributed by atoms with Gasteiger partial charge >= 0.3 is 0 Å². The second-order valence-corrected chi connectivity index (χ2v) is 5.34. The number of carbonyl (C=O) groups excluding carboxylic acids is 1. The van der Waals surface area contributed by atoms with Crippen molar-refractivity contribution in [1.82, 2.24) is 10.2 Å². The topological polar surface area (TPSA) is 32.3 Å². The molecule has 0 atom stereocenters. The van der Waals surface area contributed by atoms with Crippen LogP contribution in [0, 0.1) is 11.6 Å². The second kappa shape index (κ2) is 8.39. The fourth-order valence-electron chi connectivity index (χ4n) is 2.29. The maximum Gasteiger partial charge on any atom is 0.234 e. The molecule has 23 heavy (non-hydrogen) atoms. The number of hydrogen-bond acceptors (Lipinski definition) is 2. The summed E-state index contributed by atoms with van der Waals surface area (Å²) in [6.07, 6.45) is 0. The number of rotatable bonds is 7. The summed E-state index contributed by atoms with van der Waals surface area (Å²) in [5, 5.41) is 2.69. The van der Waals surface area contributed by atoms with Gasteiger partial charge in [-0.1, -0.05) is 37.3 Å². The smallest absolute Gasteiger partial charge is 0.234 e. The van der Waals surface area contributed by atoms with Crippen molar-refractivity contribution in [3.8, 4) is 0 Å². The maximum atomic E-state index is 13.1. The van der Waals surface area contributed by atoms with E-state index in [-0.39, 0.29) is 19.0 Å². The van der Waals surface area contributed by atoms with E-state index in [2.05, 4.69) is 5.32 Å². The average molecular weight is 318 g/mol. The van der Waals surface area contributed by atoms with Gasteiger partial charge in [-0.2, -0.15) is 0 Å². The Labute approximate surface area is 134 Å². The van der Waals surface area contributed by atoms with E-state index in [9.17, 15) is 13.6 Å². The summed E-state index contributed by atoms with van der Waals surface area (Å²) in [6.45, 7) is 3.74. The minimum Gasteiger partial charge on any atom is -0.351 e. The lowest BCUT2D eigenvalue weighted by molar-refractivity contribution is -0.122. The first-order valence-corrected chi connectivity index (χ1v) is 7.54. The molecule has 0 heterocycles. The van der Waals surface area contributed by atoms with Crippen LogP contribution < -0.4 is 5.32 Å². The Morgan fingerprint density at radius 2 is 1.70 bits per heavy atom. The standard InChI is InChI=1S/C18H20F2N2O/c1-2-22(12-14-6-4-3-5-7-14)13-18(23)21-11-15-8-16(19)10-17(20)9-15/h3-10H,2,11-13H2,1H3,(H,21,23). The fraction of sp³-hybridized carbons (Fsp3) is 0.278. The van der Waals surface area contributed by atoms with Crippen molar-refractivity contribution in [3.63, 3.8) is 0 Å². The zero-order chi connectivity index (χ0) is 16.7. The highest BCUT2D eigenvalue weighted by molar-refractivity contribution is 5.78. The Morgan fingerprint density at radius 3 is 2.30 bits per heavy atom. The van der Waals surface area contributed by atoms with E-state index in [1.807, 2.05) is 42.2 Å². The van der Waals surface area contributed by atoms with Gasteiger partial charge in [-0.25, -0.2) is 8.78 Å². The SMILES string of the molecule is CCN(CC(=O)NCc1cc(F)cc(F)c1)Cc1ccccc1. The molecule has 5 heteroatoms. The lowest BCUT2D eigenvalue weighted by Crippen LogP contribution is -2.36. The van der Waals surface area contributed by atoms with Gasteiger partial charge in [0.05, 0.1) is 6.54 Å². The van der Waals surface area contributed by atoms with Crippen LogP contribution in [-0.4, -0.2) is 23.9 Å². The van der Waals surface area contributed by atoms with E-state index >= 15 is 0 Å². The summed E-state index contributed by atoms with van der Waals surface area (Å²) < 4.78 is 26.2. The first-order chi connectivity index (χ1) is 11.1. The third kappa shape index (κ3) is 5.79. The molecule has 0 fully saturated rings. The van der Waals surface area contributed by atoms with Gasteiger partial charge in [0, 0.05) is 19.2 Å². The molecule has 0 saturated heterocycles. The van der Waals surface area contributed by atoms with Crippen LogP contribution in [-0.2, 0) is 17.9 Å². The van der Waals surface area contributed by atoms with Gasteiger partial charge in [-0.3, -0.25) is 9.69 Å². The average Bonchev–Trinajstić information content (AvgIpc) is 2.52. The molecule has 0 aliphatic rings. The number of amides is 1. The third-order valence-electron chi connectivity index (χ3n) is 3.48. The molecular formula is C18H20F2N2O.